The van der Waals surface area contributed by atoms with Gasteiger partial charge < -0.3 is 11.1 Å². The van der Waals surface area contributed by atoms with Crippen LogP contribution in [-0.2, 0) is 6.42 Å². The van der Waals surface area contributed by atoms with E-state index in [4.69, 9.17) is 5.73 Å². The molecule has 1 aromatic heterocycles. The van der Waals surface area contributed by atoms with Gasteiger partial charge in [0.25, 0.3) is 0 Å². The van der Waals surface area contributed by atoms with Crippen molar-refractivity contribution in [2.24, 2.45) is 0 Å². The lowest BCUT2D eigenvalue weighted by Crippen LogP contribution is -2.32. The Balaban J connectivity index is 2.23. The minimum absolute atomic E-state index is 0.185. The minimum Gasteiger partial charge on any atom is -0.383 e. The maximum absolute atomic E-state index is 5.86. The number of nitrogens with two attached hydrogens (primary N) is 1. The smallest absolute Gasteiger partial charge is 0.135 e. The molecule has 4 heteroatoms. The molecule has 3 N–H and O–H groups in total. The van der Waals surface area contributed by atoms with Crippen molar-refractivity contribution in [2.75, 3.05) is 11.1 Å². The number of nitrogen functional groups attached to an aromatic ring is 1. The first-order valence-electron chi connectivity index (χ1n) is 6.02. The summed E-state index contributed by atoms with van der Waals surface area (Å²) in [5, 5.41) is 3.55. The summed E-state index contributed by atoms with van der Waals surface area (Å²) >= 11 is 0. The molecule has 0 aliphatic heterocycles. The Kier molecular flexibility index (Phi) is 2.99. The highest BCUT2D eigenvalue weighted by molar-refractivity contribution is 5.56. The molecular weight excluding hydrogens is 200 g/mol. The van der Waals surface area contributed by atoms with Crippen molar-refractivity contribution in [3.8, 4) is 0 Å². The summed E-state index contributed by atoms with van der Waals surface area (Å²) in [5.41, 5.74) is 7.08. The van der Waals surface area contributed by atoms with Gasteiger partial charge in [-0.05, 0) is 26.2 Å². The van der Waals surface area contributed by atoms with Gasteiger partial charge in [0.15, 0.2) is 0 Å². The highest BCUT2D eigenvalue weighted by Gasteiger charge is 2.29. The molecule has 1 aliphatic carbocycles. The van der Waals surface area contributed by atoms with E-state index in [2.05, 4.69) is 29.1 Å². The fraction of sp³-hybridized carbons (Fsp3) is 0.667. The Morgan fingerprint density at radius 2 is 2.06 bits per heavy atom. The second-order valence-corrected chi connectivity index (χ2v) is 4.83. The molecule has 0 radical (unpaired) electrons. The van der Waals surface area contributed by atoms with Crippen LogP contribution in [0.15, 0.2) is 6.33 Å². The summed E-state index contributed by atoms with van der Waals surface area (Å²) in [4.78, 5) is 8.35. The van der Waals surface area contributed by atoms with Crippen LogP contribution < -0.4 is 11.1 Å². The first-order chi connectivity index (χ1) is 7.64. The van der Waals surface area contributed by atoms with Gasteiger partial charge in [0.1, 0.15) is 18.0 Å². The van der Waals surface area contributed by atoms with Gasteiger partial charge in [-0.15, -0.1) is 0 Å². The number of nitrogens with zero attached hydrogens (tertiary/aromatic N) is 2. The molecule has 1 aromatic rings. The second kappa shape index (κ2) is 4.28. The number of hydrogen-bond donors (Lipinski definition) is 2. The van der Waals surface area contributed by atoms with E-state index in [0.717, 1.165) is 17.8 Å². The van der Waals surface area contributed by atoms with Crippen LogP contribution in [-0.4, -0.2) is 15.5 Å². The zero-order chi connectivity index (χ0) is 11.6. The number of aromatic nitrogens is 2. The predicted molar refractivity (Wildman–Crippen MR) is 66.3 cm³/mol. The van der Waals surface area contributed by atoms with Crippen LogP contribution in [0.3, 0.4) is 0 Å². The second-order valence-electron chi connectivity index (χ2n) is 4.83. The van der Waals surface area contributed by atoms with Crippen LogP contribution in [0.2, 0.25) is 0 Å². The van der Waals surface area contributed by atoms with E-state index in [1.54, 1.807) is 0 Å². The van der Waals surface area contributed by atoms with E-state index in [9.17, 15) is 0 Å². The lowest BCUT2D eigenvalue weighted by molar-refractivity contribution is 0.530. The third-order valence-corrected chi connectivity index (χ3v) is 3.46. The van der Waals surface area contributed by atoms with Crippen molar-refractivity contribution in [3.63, 3.8) is 0 Å². The predicted octanol–water partition coefficient (Wildman–Crippen LogP) is 2.37. The molecule has 1 saturated carbocycles. The van der Waals surface area contributed by atoms with Crippen LogP contribution >= 0.6 is 0 Å². The van der Waals surface area contributed by atoms with Gasteiger partial charge in [-0.2, -0.15) is 0 Å². The third kappa shape index (κ3) is 2.10. The topological polar surface area (TPSA) is 63.8 Å². The van der Waals surface area contributed by atoms with E-state index in [-0.39, 0.29) is 5.54 Å². The van der Waals surface area contributed by atoms with Crippen LogP contribution in [0.1, 0.15) is 45.1 Å². The standard InChI is InChI=1S/C12H20N4/c1-3-9-10(13)14-8-15-11(9)16-12(2)6-4-5-7-12/h8H,3-7H2,1-2H3,(H3,13,14,15,16). The third-order valence-electron chi connectivity index (χ3n) is 3.46. The van der Waals surface area contributed by atoms with Gasteiger partial charge in [0.05, 0.1) is 0 Å². The lowest BCUT2D eigenvalue weighted by Gasteiger charge is -2.27. The number of rotatable bonds is 3. The van der Waals surface area contributed by atoms with Gasteiger partial charge >= 0.3 is 0 Å². The molecule has 1 fully saturated rings. The van der Waals surface area contributed by atoms with Gasteiger partial charge in [0.2, 0.25) is 0 Å². The summed E-state index contributed by atoms with van der Waals surface area (Å²) in [7, 11) is 0. The lowest BCUT2D eigenvalue weighted by atomic mass is 10.0. The number of nitrogens with one attached hydrogen (secondary N) is 1. The van der Waals surface area contributed by atoms with E-state index in [1.165, 1.54) is 32.0 Å². The fourth-order valence-corrected chi connectivity index (χ4v) is 2.45. The van der Waals surface area contributed by atoms with E-state index >= 15 is 0 Å². The van der Waals surface area contributed by atoms with Crippen molar-refractivity contribution in [3.05, 3.63) is 11.9 Å². The maximum atomic E-state index is 5.86. The average molecular weight is 220 g/mol. The fourth-order valence-electron chi connectivity index (χ4n) is 2.45. The van der Waals surface area contributed by atoms with Crippen LogP contribution in [0.5, 0.6) is 0 Å². The molecule has 0 bridgehead atoms. The Bertz CT molecular complexity index is 369. The molecule has 0 atom stereocenters. The molecule has 0 spiro atoms. The summed E-state index contributed by atoms with van der Waals surface area (Å²) in [6.07, 6.45) is 7.41. The highest BCUT2D eigenvalue weighted by atomic mass is 15.1. The molecule has 2 rings (SSSR count). The van der Waals surface area contributed by atoms with E-state index in [0.29, 0.717) is 5.82 Å². The molecule has 0 saturated heterocycles. The molecule has 0 unspecified atom stereocenters. The van der Waals surface area contributed by atoms with Crippen molar-refractivity contribution >= 4 is 11.6 Å². The van der Waals surface area contributed by atoms with Crippen LogP contribution in [0.4, 0.5) is 11.6 Å². The highest BCUT2D eigenvalue weighted by Crippen LogP contribution is 2.33. The summed E-state index contributed by atoms with van der Waals surface area (Å²) in [6.45, 7) is 4.34. The molecular formula is C12H20N4. The summed E-state index contributed by atoms with van der Waals surface area (Å²) in [5.74, 6) is 1.51. The van der Waals surface area contributed by atoms with Crippen molar-refractivity contribution < 1.29 is 0 Å². The molecule has 0 amide bonds. The maximum Gasteiger partial charge on any atom is 0.135 e. The zero-order valence-electron chi connectivity index (χ0n) is 10.1. The average Bonchev–Trinajstić information content (AvgIpc) is 2.65. The molecule has 4 nitrogen and oxygen atoms in total. The molecule has 1 aliphatic rings. The van der Waals surface area contributed by atoms with E-state index in [1.807, 2.05) is 0 Å². The Morgan fingerprint density at radius 1 is 1.38 bits per heavy atom. The SMILES string of the molecule is CCc1c(N)ncnc1NC1(C)CCCC1. The van der Waals surface area contributed by atoms with Crippen molar-refractivity contribution in [1.82, 2.24) is 9.97 Å². The van der Waals surface area contributed by atoms with Gasteiger partial charge in [0, 0.05) is 11.1 Å². The van der Waals surface area contributed by atoms with Gasteiger partial charge in [-0.3, -0.25) is 0 Å². The minimum atomic E-state index is 0.185. The van der Waals surface area contributed by atoms with Crippen LogP contribution in [0, 0.1) is 0 Å². The van der Waals surface area contributed by atoms with Crippen molar-refractivity contribution in [1.29, 1.82) is 0 Å². The summed E-state index contributed by atoms with van der Waals surface area (Å²) in [6, 6.07) is 0. The van der Waals surface area contributed by atoms with Crippen molar-refractivity contribution in [2.45, 2.75) is 51.5 Å². The van der Waals surface area contributed by atoms with Gasteiger partial charge in [-0.1, -0.05) is 19.8 Å². The van der Waals surface area contributed by atoms with Crippen LogP contribution in [0.25, 0.3) is 0 Å². The monoisotopic (exact) mass is 220 g/mol. The first kappa shape index (κ1) is 11.2. The molecule has 16 heavy (non-hydrogen) atoms. The molecule has 88 valence electrons. The van der Waals surface area contributed by atoms with E-state index < -0.39 is 0 Å². The number of hydrogen-bond acceptors (Lipinski definition) is 4. The molecule has 0 aromatic carbocycles. The molecule has 1 heterocycles. The Labute approximate surface area is 96.7 Å². The normalized spacial score (nSPS) is 18.6. The zero-order valence-corrected chi connectivity index (χ0v) is 10.1. The largest absolute Gasteiger partial charge is 0.383 e. The Hall–Kier alpha value is -1.32. The van der Waals surface area contributed by atoms with Gasteiger partial charge in [-0.25, -0.2) is 9.97 Å². The first-order valence-corrected chi connectivity index (χ1v) is 6.02. The summed E-state index contributed by atoms with van der Waals surface area (Å²) < 4.78 is 0. The quantitative estimate of drug-likeness (QED) is 0.820. The Morgan fingerprint density at radius 3 is 2.69 bits per heavy atom. The number of anilines is 2.